The van der Waals surface area contributed by atoms with Crippen LogP contribution in [-0.4, -0.2) is 54.8 Å². The second kappa shape index (κ2) is 9.78. The average molecular weight is 463 g/mol. The van der Waals surface area contributed by atoms with Crippen LogP contribution in [0.4, 0.5) is 4.79 Å². The van der Waals surface area contributed by atoms with Gasteiger partial charge in [-0.3, -0.25) is 24.3 Å². The van der Waals surface area contributed by atoms with Gasteiger partial charge in [0.05, 0.1) is 22.4 Å². The summed E-state index contributed by atoms with van der Waals surface area (Å²) in [6.07, 6.45) is 8.07. The average Bonchev–Trinajstić information content (AvgIpc) is 3.38. The fraction of sp³-hybridized carbons (Fsp3) is 0.217. The summed E-state index contributed by atoms with van der Waals surface area (Å²) in [7, 11) is 0. The summed E-state index contributed by atoms with van der Waals surface area (Å²) < 4.78 is 1.65. The number of rotatable bonds is 7. The molecule has 0 saturated carbocycles. The predicted octanol–water partition coefficient (Wildman–Crippen LogP) is 3.25. The lowest BCUT2D eigenvalue weighted by atomic mass is 10.1. The van der Waals surface area contributed by atoms with Crippen molar-refractivity contribution < 1.29 is 14.4 Å². The lowest BCUT2D eigenvalue weighted by molar-refractivity contribution is -0.122. The van der Waals surface area contributed by atoms with E-state index in [9.17, 15) is 14.4 Å². The van der Waals surface area contributed by atoms with Gasteiger partial charge in [-0.15, -0.1) is 0 Å². The largest absolute Gasteiger partial charge is 0.350 e. The second-order valence-electron chi connectivity index (χ2n) is 7.57. The Hall–Kier alpha value is -3.79. The number of hydrogen-bond donors (Lipinski definition) is 1. The smallest absolute Gasteiger partial charge is 0.293 e. The van der Waals surface area contributed by atoms with E-state index >= 15 is 0 Å². The molecular formula is C23H22N6O3S. The van der Waals surface area contributed by atoms with Gasteiger partial charge in [-0.1, -0.05) is 26.0 Å². The van der Waals surface area contributed by atoms with Crippen molar-refractivity contribution in [1.82, 2.24) is 30.0 Å². The molecule has 168 valence electrons. The highest BCUT2D eigenvalue weighted by Gasteiger charge is 2.34. The number of pyridine rings is 2. The fourth-order valence-corrected chi connectivity index (χ4v) is 4.30. The van der Waals surface area contributed by atoms with Crippen LogP contribution in [0, 0.1) is 0 Å². The van der Waals surface area contributed by atoms with E-state index in [4.69, 9.17) is 0 Å². The van der Waals surface area contributed by atoms with Gasteiger partial charge in [-0.05, 0) is 47.5 Å². The Kier molecular flexibility index (Phi) is 6.64. The molecule has 0 aliphatic carbocycles. The molecule has 1 N–H and O–H groups in total. The summed E-state index contributed by atoms with van der Waals surface area (Å²) in [4.78, 5) is 47.6. The maximum Gasteiger partial charge on any atom is 0.293 e. The first kappa shape index (κ1) is 22.4. The van der Waals surface area contributed by atoms with Gasteiger partial charge in [0.15, 0.2) is 5.82 Å². The number of nitrogens with one attached hydrogen (secondary N) is 1. The van der Waals surface area contributed by atoms with E-state index in [0.717, 1.165) is 27.9 Å². The molecule has 3 aromatic rings. The zero-order valence-electron chi connectivity index (χ0n) is 18.1. The summed E-state index contributed by atoms with van der Waals surface area (Å²) in [5, 5.41) is 6.78. The lowest BCUT2D eigenvalue weighted by Crippen LogP contribution is -2.37. The molecule has 4 heterocycles. The van der Waals surface area contributed by atoms with Crippen LogP contribution in [0.15, 0.2) is 60.0 Å². The highest BCUT2D eigenvalue weighted by Crippen LogP contribution is 2.31. The monoisotopic (exact) mass is 462 g/mol. The zero-order chi connectivity index (χ0) is 23.4. The Morgan fingerprint density at radius 1 is 1.15 bits per heavy atom. The van der Waals surface area contributed by atoms with E-state index in [2.05, 4.69) is 20.4 Å². The van der Waals surface area contributed by atoms with Gasteiger partial charge >= 0.3 is 0 Å². The zero-order valence-corrected chi connectivity index (χ0v) is 19.0. The highest BCUT2D eigenvalue weighted by atomic mass is 32.2. The summed E-state index contributed by atoms with van der Waals surface area (Å²) in [5.74, 6) is -0.0558. The minimum absolute atomic E-state index is 0.0218. The molecule has 1 fully saturated rings. The molecule has 0 radical (unpaired) electrons. The molecule has 3 amide bonds. The van der Waals surface area contributed by atoms with E-state index in [1.165, 1.54) is 6.20 Å². The summed E-state index contributed by atoms with van der Waals surface area (Å²) in [5.41, 5.74) is 1.90. The van der Waals surface area contributed by atoms with Crippen molar-refractivity contribution in [3.8, 4) is 5.82 Å². The molecule has 0 bridgehead atoms. The van der Waals surface area contributed by atoms with Crippen LogP contribution in [0.2, 0.25) is 0 Å². The third kappa shape index (κ3) is 4.85. The molecular weight excluding hydrogens is 440 g/mol. The van der Waals surface area contributed by atoms with Crippen molar-refractivity contribution in [2.24, 2.45) is 0 Å². The van der Waals surface area contributed by atoms with Gasteiger partial charge in [0, 0.05) is 31.7 Å². The second-order valence-corrected chi connectivity index (χ2v) is 8.57. The molecule has 4 rings (SSSR count). The molecule has 3 aromatic heterocycles. The molecule has 1 saturated heterocycles. The van der Waals surface area contributed by atoms with Crippen molar-refractivity contribution >= 4 is 34.9 Å². The maximum atomic E-state index is 12.9. The van der Waals surface area contributed by atoms with E-state index < -0.39 is 0 Å². The predicted molar refractivity (Wildman–Crippen MR) is 125 cm³/mol. The Labute approximate surface area is 194 Å². The molecule has 0 atom stereocenters. The summed E-state index contributed by atoms with van der Waals surface area (Å²) >= 11 is 0.877. The van der Waals surface area contributed by atoms with Crippen LogP contribution in [0.25, 0.3) is 11.9 Å². The first-order chi connectivity index (χ1) is 16.0. The number of carbonyl (C=O) groups is 3. The standard InChI is InChI=1S/C23H22N6O3S/c1-15(2)20-17(14-27-29(20)19-7-3-4-9-25-19)21(30)26-10-11-28-22(31)18(33-23(28)32)12-16-6-5-8-24-13-16/h3-9,12-15H,10-11H2,1-2H3,(H,26,30)/b18-12-. The number of aromatic nitrogens is 4. The van der Waals surface area contributed by atoms with E-state index in [0.29, 0.717) is 16.3 Å². The molecule has 0 aromatic carbocycles. The van der Waals surface area contributed by atoms with Crippen LogP contribution in [0.3, 0.4) is 0 Å². The SMILES string of the molecule is CC(C)c1c(C(=O)NCCN2C(=O)S/C(=C\c3cccnc3)C2=O)cnn1-c1ccccn1. The van der Waals surface area contributed by atoms with Crippen LogP contribution in [0.5, 0.6) is 0 Å². The third-order valence-electron chi connectivity index (χ3n) is 4.94. The third-order valence-corrected chi connectivity index (χ3v) is 5.85. The minimum atomic E-state index is -0.381. The molecule has 9 nitrogen and oxygen atoms in total. The van der Waals surface area contributed by atoms with E-state index in [1.54, 1.807) is 41.5 Å². The quantitative estimate of drug-likeness (QED) is 0.537. The van der Waals surface area contributed by atoms with Crippen LogP contribution >= 0.6 is 11.8 Å². The number of amides is 3. The van der Waals surface area contributed by atoms with Gasteiger partial charge in [-0.2, -0.15) is 5.10 Å². The number of hydrogen-bond acceptors (Lipinski definition) is 7. The Balaban J connectivity index is 1.42. The number of thioether (sulfide) groups is 1. The van der Waals surface area contributed by atoms with Gasteiger partial charge in [0.2, 0.25) is 0 Å². The van der Waals surface area contributed by atoms with Crippen LogP contribution < -0.4 is 5.32 Å². The molecule has 1 aliphatic heterocycles. The van der Waals surface area contributed by atoms with Crippen molar-refractivity contribution in [2.45, 2.75) is 19.8 Å². The number of imide groups is 1. The molecule has 1 aliphatic rings. The summed E-state index contributed by atoms with van der Waals surface area (Å²) in [6, 6.07) is 9.05. The molecule has 33 heavy (non-hydrogen) atoms. The Morgan fingerprint density at radius 2 is 2.00 bits per heavy atom. The molecule has 0 spiro atoms. The van der Waals surface area contributed by atoms with E-state index in [-0.39, 0.29) is 36.1 Å². The van der Waals surface area contributed by atoms with Crippen LogP contribution in [0.1, 0.15) is 41.4 Å². The number of carbonyl (C=O) groups excluding carboxylic acids is 3. The van der Waals surface area contributed by atoms with Crippen LogP contribution in [-0.2, 0) is 4.79 Å². The first-order valence-corrected chi connectivity index (χ1v) is 11.2. The van der Waals surface area contributed by atoms with Crippen molar-refractivity contribution in [3.63, 3.8) is 0 Å². The Morgan fingerprint density at radius 3 is 2.70 bits per heavy atom. The lowest BCUT2D eigenvalue weighted by Gasteiger charge is -2.14. The first-order valence-electron chi connectivity index (χ1n) is 10.4. The van der Waals surface area contributed by atoms with Gasteiger partial charge < -0.3 is 5.32 Å². The fourth-order valence-electron chi connectivity index (χ4n) is 3.43. The molecule has 0 unspecified atom stereocenters. The van der Waals surface area contributed by atoms with Crippen molar-refractivity contribution in [1.29, 1.82) is 0 Å². The van der Waals surface area contributed by atoms with Gasteiger partial charge in [0.25, 0.3) is 17.1 Å². The number of nitrogens with zero attached hydrogens (tertiary/aromatic N) is 5. The normalized spacial score (nSPS) is 15.0. The summed E-state index contributed by atoms with van der Waals surface area (Å²) in [6.45, 7) is 4.15. The van der Waals surface area contributed by atoms with Crippen molar-refractivity contribution in [2.75, 3.05) is 13.1 Å². The highest BCUT2D eigenvalue weighted by molar-refractivity contribution is 8.18. The topological polar surface area (TPSA) is 110 Å². The Bertz CT molecular complexity index is 1210. The van der Waals surface area contributed by atoms with Crippen molar-refractivity contribution in [3.05, 3.63) is 76.8 Å². The van der Waals surface area contributed by atoms with Gasteiger partial charge in [-0.25, -0.2) is 9.67 Å². The van der Waals surface area contributed by atoms with E-state index in [1.807, 2.05) is 32.0 Å². The minimum Gasteiger partial charge on any atom is -0.350 e. The van der Waals surface area contributed by atoms with Gasteiger partial charge in [0.1, 0.15) is 0 Å². The molecule has 10 heteroatoms. The maximum absolute atomic E-state index is 12.9.